The van der Waals surface area contributed by atoms with Crippen LogP contribution in [0.4, 0.5) is 0 Å². The number of ether oxygens (including phenoxy) is 1. The summed E-state index contributed by atoms with van der Waals surface area (Å²) in [7, 11) is 0. The largest absolute Gasteiger partial charge is 0.493 e. The molecule has 78 valence electrons. The normalized spacial score (nSPS) is 12.5. The third-order valence-electron chi connectivity index (χ3n) is 1.94. The number of rotatable bonds is 5. The Balaban J connectivity index is 2.49. The van der Waals surface area contributed by atoms with Crippen molar-refractivity contribution < 1.29 is 14.9 Å². The Labute approximate surface area is 84.0 Å². The predicted octanol–water partition coefficient (Wildman–Crippen LogP) is 1.33. The molecule has 0 aromatic heterocycles. The van der Waals surface area contributed by atoms with Crippen LogP contribution in [0.2, 0.25) is 0 Å². The molecule has 1 unspecified atom stereocenters. The number of hydrogen-bond acceptors (Lipinski definition) is 3. The summed E-state index contributed by atoms with van der Waals surface area (Å²) in [5.74, 6) is 0.690. The van der Waals surface area contributed by atoms with Crippen molar-refractivity contribution in [3.63, 3.8) is 0 Å². The van der Waals surface area contributed by atoms with Gasteiger partial charge in [0.1, 0.15) is 5.75 Å². The molecule has 0 amide bonds. The van der Waals surface area contributed by atoms with Crippen LogP contribution in [0, 0.1) is 0 Å². The monoisotopic (exact) mass is 196 g/mol. The molecule has 0 radical (unpaired) electrons. The van der Waals surface area contributed by atoms with E-state index >= 15 is 0 Å². The molecular formula is C11H16O3. The van der Waals surface area contributed by atoms with Gasteiger partial charge in [-0.05, 0) is 13.0 Å². The first kappa shape index (κ1) is 11.0. The first-order valence-electron chi connectivity index (χ1n) is 4.73. The number of para-hydroxylation sites is 1. The van der Waals surface area contributed by atoms with E-state index < -0.39 is 0 Å². The van der Waals surface area contributed by atoms with E-state index in [1.165, 1.54) is 0 Å². The lowest BCUT2D eigenvalue weighted by Crippen LogP contribution is -2.08. The van der Waals surface area contributed by atoms with Crippen LogP contribution in [-0.2, 0) is 6.61 Å². The van der Waals surface area contributed by atoms with E-state index in [2.05, 4.69) is 0 Å². The molecule has 2 N–H and O–H groups in total. The molecule has 0 bridgehead atoms. The smallest absolute Gasteiger partial charge is 0.124 e. The van der Waals surface area contributed by atoms with Crippen LogP contribution in [-0.4, -0.2) is 22.9 Å². The third kappa shape index (κ3) is 3.36. The predicted molar refractivity (Wildman–Crippen MR) is 54.2 cm³/mol. The van der Waals surface area contributed by atoms with E-state index in [1.54, 1.807) is 6.92 Å². The fraction of sp³-hybridized carbons (Fsp3) is 0.455. The molecule has 1 atom stereocenters. The van der Waals surface area contributed by atoms with Crippen LogP contribution in [0.1, 0.15) is 18.9 Å². The first-order valence-corrected chi connectivity index (χ1v) is 4.73. The van der Waals surface area contributed by atoms with Crippen molar-refractivity contribution in [1.29, 1.82) is 0 Å². The topological polar surface area (TPSA) is 49.7 Å². The van der Waals surface area contributed by atoms with Gasteiger partial charge in [0, 0.05) is 12.0 Å². The summed E-state index contributed by atoms with van der Waals surface area (Å²) in [4.78, 5) is 0. The summed E-state index contributed by atoms with van der Waals surface area (Å²) in [6.45, 7) is 2.17. The van der Waals surface area contributed by atoms with Gasteiger partial charge in [-0.25, -0.2) is 0 Å². The maximum atomic E-state index is 9.03. The SMILES string of the molecule is CC(O)CCOc1ccccc1CO. The van der Waals surface area contributed by atoms with Crippen LogP contribution in [0.5, 0.6) is 5.75 Å². The van der Waals surface area contributed by atoms with E-state index in [0.29, 0.717) is 18.8 Å². The maximum Gasteiger partial charge on any atom is 0.124 e. The van der Waals surface area contributed by atoms with Gasteiger partial charge in [-0.15, -0.1) is 0 Å². The highest BCUT2D eigenvalue weighted by Gasteiger charge is 2.02. The lowest BCUT2D eigenvalue weighted by Gasteiger charge is -2.10. The molecule has 0 aliphatic carbocycles. The van der Waals surface area contributed by atoms with E-state index in [1.807, 2.05) is 24.3 Å². The number of hydrogen-bond donors (Lipinski definition) is 2. The molecule has 1 aromatic carbocycles. The standard InChI is InChI=1S/C11H16O3/c1-9(13)6-7-14-11-5-3-2-4-10(11)8-12/h2-5,9,12-13H,6-8H2,1H3. The summed E-state index contributed by atoms with van der Waals surface area (Å²) in [6, 6.07) is 7.34. The molecule has 0 heterocycles. The van der Waals surface area contributed by atoms with Gasteiger partial charge in [-0.1, -0.05) is 18.2 Å². The highest BCUT2D eigenvalue weighted by atomic mass is 16.5. The molecule has 1 aromatic rings. The average molecular weight is 196 g/mol. The van der Waals surface area contributed by atoms with Crippen LogP contribution < -0.4 is 4.74 Å². The Bertz CT molecular complexity index is 271. The fourth-order valence-electron chi connectivity index (χ4n) is 1.11. The maximum absolute atomic E-state index is 9.03. The molecule has 3 heteroatoms. The van der Waals surface area contributed by atoms with Crippen LogP contribution >= 0.6 is 0 Å². The molecule has 0 saturated heterocycles. The Morgan fingerprint density at radius 1 is 1.36 bits per heavy atom. The second-order valence-corrected chi connectivity index (χ2v) is 3.25. The Hall–Kier alpha value is -1.06. The zero-order valence-corrected chi connectivity index (χ0v) is 8.31. The van der Waals surface area contributed by atoms with Gasteiger partial charge in [0.2, 0.25) is 0 Å². The van der Waals surface area contributed by atoms with Crippen molar-refractivity contribution >= 4 is 0 Å². The van der Waals surface area contributed by atoms with Crippen LogP contribution in [0.25, 0.3) is 0 Å². The van der Waals surface area contributed by atoms with Gasteiger partial charge in [0.25, 0.3) is 0 Å². The summed E-state index contributed by atoms with van der Waals surface area (Å²) in [6.07, 6.45) is 0.246. The molecule has 0 aliphatic rings. The quantitative estimate of drug-likeness (QED) is 0.747. The Kier molecular flexibility index (Phi) is 4.43. The van der Waals surface area contributed by atoms with Crippen LogP contribution in [0.15, 0.2) is 24.3 Å². The molecule has 1 rings (SSSR count). The van der Waals surface area contributed by atoms with Crippen molar-refractivity contribution in [3.8, 4) is 5.75 Å². The van der Waals surface area contributed by atoms with E-state index in [-0.39, 0.29) is 12.7 Å². The van der Waals surface area contributed by atoms with E-state index in [0.717, 1.165) is 5.56 Å². The minimum Gasteiger partial charge on any atom is -0.493 e. The molecule has 0 saturated carbocycles. The number of aliphatic hydroxyl groups is 2. The van der Waals surface area contributed by atoms with Crippen molar-refractivity contribution in [2.24, 2.45) is 0 Å². The van der Waals surface area contributed by atoms with Crippen molar-refractivity contribution in [1.82, 2.24) is 0 Å². The molecular weight excluding hydrogens is 180 g/mol. The molecule has 0 spiro atoms. The molecule has 0 fully saturated rings. The minimum atomic E-state index is -0.351. The second-order valence-electron chi connectivity index (χ2n) is 3.25. The van der Waals surface area contributed by atoms with Crippen molar-refractivity contribution in [2.75, 3.05) is 6.61 Å². The summed E-state index contributed by atoms with van der Waals surface area (Å²) < 4.78 is 5.42. The van der Waals surface area contributed by atoms with Gasteiger partial charge in [-0.3, -0.25) is 0 Å². The molecule has 14 heavy (non-hydrogen) atoms. The first-order chi connectivity index (χ1) is 6.74. The average Bonchev–Trinajstić information content (AvgIpc) is 2.18. The lowest BCUT2D eigenvalue weighted by atomic mass is 10.2. The lowest BCUT2D eigenvalue weighted by molar-refractivity contribution is 0.154. The zero-order chi connectivity index (χ0) is 10.4. The Morgan fingerprint density at radius 2 is 2.07 bits per heavy atom. The fourth-order valence-corrected chi connectivity index (χ4v) is 1.11. The number of aliphatic hydroxyl groups excluding tert-OH is 2. The third-order valence-corrected chi connectivity index (χ3v) is 1.94. The highest BCUT2D eigenvalue weighted by Crippen LogP contribution is 2.17. The molecule has 3 nitrogen and oxygen atoms in total. The minimum absolute atomic E-state index is 0.0230. The van der Waals surface area contributed by atoms with E-state index in [9.17, 15) is 0 Å². The summed E-state index contributed by atoms with van der Waals surface area (Å²) >= 11 is 0. The summed E-state index contributed by atoms with van der Waals surface area (Å²) in [5.41, 5.74) is 0.776. The number of benzene rings is 1. The van der Waals surface area contributed by atoms with Gasteiger partial charge >= 0.3 is 0 Å². The van der Waals surface area contributed by atoms with Gasteiger partial charge < -0.3 is 14.9 Å². The second kappa shape index (κ2) is 5.62. The summed E-state index contributed by atoms with van der Waals surface area (Å²) in [5, 5.41) is 18.0. The van der Waals surface area contributed by atoms with Crippen molar-refractivity contribution in [3.05, 3.63) is 29.8 Å². The zero-order valence-electron chi connectivity index (χ0n) is 8.31. The highest BCUT2D eigenvalue weighted by molar-refractivity contribution is 5.32. The van der Waals surface area contributed by atoms with Crippen LogP contribution in [0.3, 0.4) is 0 Å². The van der Waals surface area contributed by atoms with E-state index in [4.69, 9.17) is 14.9 Å². The Morgan fingerprint density at radius 3 is 2.71 bits per heavy atom. The van der Waals surface area contributed by atoms with Gasteiger partial charge in [0.15, 0.2) is 0 Å². The van der Waals surface area contributed by atoms with Gasteiger partial charge in [-0.2, -0.15) is 0 Å². The molecule has 0 aliphatic heterocycles. The van der Waals surface area contributed by atoms with Crippen molar-refractivity contribution in [2.45, 2.75) is 26.1 Å². The van der Waals surface area contributed by atoms with Gasteiger partial charge in [0.05, 0.1) is 19.3 Å².